The van der Waals surface area contributed by atoms with E-state index in [1.165, 1.54) is 4.68 Å². The van der Waals surface area contributed by atoms with Crippen molar-refractivity contribution in [3.8, 4) is 0 Å². The van der Waals surface area contributed by atoms with Crippen LogP contribution in [0.1, 0.15) is 19.5 Å². The molecule has 25 heavy (non-hydrogen) atoms. The van der Waals surface area contributed by atoms with E-state index in [1.807, 2.05) is 69.3 Å². The first-order valence-corrected chi connectivity index (χ1v) is 8.32. The summed E-state index contributed by atoms with van der Waals surface area (Å²) >= 11 is 0. The molecule has 0 unspecified atom stereocenters. The molecule has 0 aliphatic carbocycles. The van der Waals surface area contributed by atoms with Crippen LogP contribution in [0.2, 0.25) is 0 Å². The van der Waals surface area contributed by atoms with Gasteiger partial charge in [-0.2, -0.15) is 5.10 Å². The zero-order valence-corrected chi connectivity index (χ0v) is 14.6. The Labute approximate surface area is 146 Å². The Morgan fingerprint density at radius 2 is 1.64 bits per heavy atom. The maximum absolute atomic E-state index is 12.9. The van der Waals surface area contributed by atoms with Crippen molar-refractivity contribution in [2.75, 3.05) is 4.90 Å². The quantitative estimate of drug-likeness (QED) is 0.736. The SMILES string of the molecule is Cc1nn(CC(=O)N(c2ccccc2)C(C)C)c(=O)c2ccccc12. The highest BCUT2D eigenvalue weighted by molar-refractivity contribution is 5.94. The van der Waals surface area contributed by atoms with Gasteiger partial charge >= 0.3 is 0 Å². The summed E-state index contributed by atoms with van der Waals surface area (Å²) in [5, 5.41) is 5.73. The fourth-order valence-electron chi connectivity index (χ4n) is 3.03. The molecule has 0 bridgehead atoms. The molecule has 1 amide bonds. The van der Waals surface area contributed by atoms with Crippen molar-refractivity contribution in [1.82, 2.24) is 9.78 Å². The van der Waals surface area contributed by atoms with Crippen molar-refractivity contribution in [3.63, 3.8) is 0 Å². The lowest BCUT2D eigenvalue weighted by atomic mass is 10.1. The maximum atomic E-state index is 12.9. The van der Waals surface area contributed by atoms with Gasteiger partial charge in [-0.1, -0.05) is 36.4 Å². The van der Waals surface area contributed by atoms with Gasteiger partial charge in [-0.25, -0.2) is 4.68 Å². The van der Waals surface area contributed by atoms with E-state index in [1.54, 1.807) is 11.0 Å². The van der Waals surface area contributed by atoms with E-state index < -0.39 is 0 Å². The Morgan fingerprint density at radius 1 is 1.04 bits per heavy atom. The molecule has 3 aromatic rings. The van der Waals surface area contributed by atoms with Gasteiger partial charge in [-0.05, 0) is 39.0 Å². The average Bonchev–Trinajstić information content (AvgIpc) is 2.60. The number of aryl methyl sites for hydroxylation is 1. The summed E-state index contributed by atoms with van der Waals surface area (Å²) in [5.41, 5.74) is 1.30. The van der Waals surface area contributed by atoms with Crippen molar-refractivity contribution in [3.05, 3.63) is 70.6 Å². The fourth-order valence-corrected chi connectivity index (χ4v) is 3.03. The number of anilines is 1. The van der Waals surface area contributed by atoms with Gasteiger partial charge in [0.1, 0.15) is 6.54 Å². The van der Waals surface area contributed by atoms with Gasteiger partial charge < -0.3 is 4.90 Å². The summed E-state index contributed by atoms with van der Waals surface area (Å²) in [6.07, 6.45) is 0. The lowest BCUT2D eigenvalue weighted by molar-refractivity contribution is -0.119. The number of hydrogen-bond acceptors (Lipinski definition) is 3. The number of carbonyl (C=O) groups is 1. The summed E-state index contributed by atoms with van der Waals surface area (Å²) in [6, 6.07) is 16.8. The predicted octanol–water partition coefficient (Wildman–Crippen LogP) is 3.15. The molecular formula is C20H21N3O2. The highest BCUT2D eigenvalue weighted by Crippen LogP contribution is 2.17. The first-order valence-electron chi connectivity index (χ1n) is 8.32. The number of para-hydroxylation sites is 1. The van der Waals surface area contributed by atoms with Gasteiger partial charge in [0.25, 0.3) is 5.56 Å². The van der Waals surface area contributed by atoms with Crippen molar-refractivity contribution in [2.24, 2.45) is 0 Å². The minimum Gasteiger partial charge on any atom is -0.308 e. The second kappa shape index (κ2) is 6.89. The van der Waals surface area contributed by atoms with Crippen LogP contribution in [0, 0.1) is 6.92 Å². The van der Waals surface area contributed by atoms with Crippen LogP contribution in [0.5, 0.6) is 0 Å². The van der Waals surface area contributed by atoms with Gasteiger partial charge in [0, 0.05) is 17.1 Å². The largest absolute Gasteiger partial charge is 0.308 e. The standard InChI is InChI=1S/C20H21N3O2/c1-14(2)23(16-9-5-4-6-10-16)19(24)13-22-20(25)18-12-8-7-11-17(18)15(3)21-22/h4-12,14H,13H2,1-3H3. The molecule has 0 N–H and O–H groups in total. The van der Waals surface area contributed by atoms with E-state index in [0.717, 1.165) is 16.8 Å². The molecule has 5 heteroatoms. The molecule has 3 rings (SSSR count). The van der Waals surface area contributed by atoms with E-state index in [4.69, 9.17) is 0 Å². The average molecular weight is 335 g/mol. The van der Waals surface area contributed by atoms with Crippen LogP contribution >= 0.6 is 0 Å². The minimum atomic E-state index is -0.244. The first kappa shape index (κ1) is 16.9. The monoisotopic (exact) mass is 335 g/mol. The van der Waals surface area contributed by atoms with Gasteiger partial charge in [-0.3, -0.25) is 9.59 Å². The number of rotatable bonds is 4. The highest BCUT2D eigenvalue weighted by Gasteiger charge is 2.20. The lowest BCUT2D eigenvalue weighted by Crippen LogP contribution is -2.41. The molecule has 0 saturated heterocycles. The molecule has 1 heterocycles. The normalized spacial score (nSPS) is 11.0. The van der Waals surface area contributed by atoms with E-state index >= 15 is 0 Å². The number of nitrogens with zero attached hydrogens (tertiary/aromatic N) is 3. The Bertz CT molecular complexity index is 962. The summed E-state index contributed by atoms with van der Waals surface area (Å²) in [6.45, 7) is 5.66. The molecule has 0 aliphatic rings. The van der Waals surface area contributed by atoms with Crippen LogP contribution in [0.25, 0.3) is 10.8 Å². The van der Waals surface area contributed by atoms with Crippen LogP contribution in [0.4, 0.5) is 5.69 Å². The highest BCUT2D eigenvalue weighted by atomic mass is 16.2. The summed E-state index contributed by atoms with van der Waals surface area (Å²) < 4.78 is 1.26. The third-order valence-corrected chi connectivity index (χ3v) is 4.16. The molecule has 0 saturated carbocycles. The van der Waals surface area contributed by atoms with Crippen LogP contribution in [-0.4, -0.2) is 21.7 Å². The molecule has 128 valence electrons. The summed E-state index contributed by atoms with van der Waals surface area (Å²) in [7, 11) is 0. The van der Waals surface area contributed by atoms with Crippen molar-refractivity contribution in [2.45, 2.75) is 33.4 Å². The van der Waals surface area contributed by atoms with Crippen LogP contribution in [0.3, 0.4) is 0 Å². The topological polar surface area (TPSA) is 55.2 Å². The minimum absolute atomic E-state index is 0.0212. The van der Waals surface area contributed by atoms with E-state index in [-0.39, 0.29) is 24.1 Å². The van der Waals surface area contributed by atoms with E-state index in [2.05, 4.69) is 5.10 Å². The maximum Gasteiger partial charge on any atom is 0.275 e. The molecule has 0 spiro atoms. The Hall–Kier alpha value is -2.95. The molecule has 5 nitrogen and oxygen atoms in total. The Balaban J connectivity index is 1.99. The molecule has 1 aromatic heterocycles. The Morgan fingerprint density at radius 3 is 2.28 bits per heavy atom. The zero-order chi connectivity index (χ0) is 18.0. The molecule has 0 radical (unpaired) electrons. The lowest BCUT2D eigenvalue weighted by Gasteiger charge is -2.27. The van der Waals surface area contributed by atoms with Crippen molar-refractivity contribution in [1.29, 1.82) is 0 Å². The van der Waals surface area contributed by atoms with Crippen molar-refractivity contribution < 1.29 is 4.79 Å². The van der Waals surface area contributed by atoms with Crippen molar-refractivity contribution >= 4 is 22.4 Å². The summed E-state index contributed by atoms with van der Waals surface area (Å²) in [4.78, 5) is 27.2. The van der Waals surface area contributed by atoms with Gasteiger partial charge in [0.15, 0.2) is 0 Å². The number of hydrogen-bond donors (Lipinski definition) is 0. The van der Waals surface area contributed by atoms with Gasteiger partial charge in [0.05, 0.1) is 11.1 Å². The third-order valence-electron chi connectivity index (χ3n) is 4.16. The van der Waals surface area contributed by atoms with E-state index in [0.29, 0.717) is 5.39 Å². The van der Waals surface area contributed by atoms with E-state index in [9.17, 15) is 9.59 Å². The molecule has 0 aliphatic heterocycles. The van der Waals surface area contributed by atoms with Crippen LogP contribution in [0.15, 0.2) is 59.4 Å². The van der Waals surface area contributed by atoms with Gasteiger partial charge in [-0.15, -0.1) is 0 Å². The fraction of sp³-hybridized carbons (Fsp3) is 0.250. The third kappa shape index (κ3) is 3.31. The molecule has 0 atom stereocenters. The number of fused-ring (bicyclic) bond motifs is 1. The number of aromatic nitrogens is 2. The smallest absolute Gasteiger partial charge is 0.275 e. The predicted molar refractivity (Wildman–Crippen MR) is 99.8 cm³/mol. The number of amides is 1. The second-order valence-corrected chi connectivity index (χ2v) is 6.29. The second-order valence-electron chi connectivity index (χ2n) is 6.29. The zero-order valence-electron chi connectivity index (χ0n) is 14.6. The molecule has 0 fully saturated rings. The van der Waals surface area contributed by atoms with Crippen LogP contribution in [-0.2, 0) is 11.3 Å². The van der Waals surface area contributed by atoms with Crippen LogP contribution < -0.4 is 10.5 Å². The molecular weight excluding hydrogens is 314 g/mol. The number of benzene rings is 2. The first-order chi connectivity index (χ1) is 12.0. The summed E-state index contributed by atoms with van der Waals surface area (Å²) in [5.74, 6) is -0.162. The Kier molecular flexibility index (Phi) is 4.65. The number of carbonyl (C=O) groups excluding carboxylic acids is 1. The molecule has 2 aromatic carbocycles. The van der Waals surface area contributed by atoms with Gasteiger partial charge in [0.2, 0.25) is 5.91 Å².